The van der Waals surface area contributed by atoms with Gasteiger partial charge in [0.15, 0.2) is 4.80 Å². The van der Waals surface area contributed by atoms with E-state index >= 15 is 0 Å². The van der Waals surface area contributed by atoms with Crippen LogP contribution in [-0.2, 0) is 13.0 Å². The second-order valence-corrected chi connectivity index (χ2v) is 12.6. The lowest BCUT2D eigenvalue weighted by Gasteiger charge is -2.30. The molecule has 2 aliphatic rings. The molecule has 1 aliphatic carbocycles. The number of benzene rings is 5. The van der Waals surface area contributed by atoms with Gasteiger partial charge in [-0.3, -0.25) is 9.36 Å². The van der Waals surface area contributed by atoms with Crippen LogP contribution in [0.1, 0.15) is 40.3 Å². The van der Waals surface area contributed by atoms with E-state index in [0.29, 0.717) is 21.0 Å². The first-order valence-electron chi connectivity index (χ1n) is 14.7. The number of rotatable bonds is 5. The number of hydrogen-bond acceptors (Lipinski definition) is 4. The van der Waals surface area contributed by atoms with Gasteiger partial charge in [0.1, 0.15) is 12.4 Å². The zero-order chi connectivity index (χ0) is 29.6. The summed E-state index contributed by atoms with van der Waals surface area (Å²) >= 11 is 7.70. The van der Waals surface area contributed by atoms with Gasteiger partial charge in [-0.05, 0) is 70.2 Å². The first kappa shape index (κ1) is 26.9. The quantitative estimate of drug-likeness (QED) is 0.201. The van der Waals surface area contributed by atoms with Gasteiger partial charge in [-0.15, -0.1) is 0 Å². The third-order valence-electron chi connectivity index (χ3n) is 8.53. The fraction of sp³-hybridized carbons (Fsp3) is 0.105. The summed E-state index contributed by atoms with van der Waals surface area (Å²) in [5.41, 5.74) is 7.55. The van der Waals surface area contributed by atoms with Crippen LogP contribution in [0, 0.1) is 0 Å². The highest BCUT2D eigenvalue weighted by atomic mass is 35.5. The van der Waals surface area contributed by atoms with Crippen LogP contribution in [0.5, 0.6) is 5.75 Å². The molecule has 0 spiro atoms. The smallest absolute Gasteiger partial charge is 0.271 e. The predicted octanol–water partition coefficient (Wildman–Crippen LogP) is 7.70. The molecule has 0 saturated carbocycles. The molecule has 44 heavy (non-hydrogen) atoms. The highest BCUT2D eigenvalue weighted by Gasteiger charge is 2.32. The number of aryl methyl sites for hydroxylation is 1. The topological polar surface area (TPSA) is 43.6 Å². The summed E-state index contributed by atoms with van der Waals surface area (Å²) in [4.78, 5) is 20.1. The van der Waals surface area contributed by atoms with E-state index in [4.69, 9.17) is 21.3 Å². The van der Waals surface area contributed by atoms with Crippen LogP contribution in [-0.4, -0.2) is 4.57 Å². The molecule has 2 heterocycles. The Balaban J connectivity index is 1.23. The molecule has 6 heteroatoms. The highest BCUT2D eigenvalue weighted by molar-refractivity contribution is 7.07. The van der Waals surface area contributed by atoms with E-state index in [-0.39, 0.29) is 11.6 Å². The molecule has 0 bridgehead atoms. The van der Waals surface area contributed by atoms with Gasteiger partial charge in [-0.1, -0.05) is 120 Å². The van der Waals surface area contributed by atoms with E-state index in [2.05, 4.69) is 54.6 Å². The number of nitrogens with zero attached hydrogens (tertiary/aromatic N) is 2. The van der Waals surface area contributed by atoms with Crippen molar-refractivity contribution in [2.45, 2.75) is 25.5 Å². The van der Waals surface area contributed by atoms with Crippen LogP contribution in [0.15, 0.2) is 131 Å². The summed E-state index contributed by atoms with van der Waals surface area (Å²) in [6.07, 6.45) is 3.70. The van der Waals surface area contributed by atoms with Gasteiger partial charge >= 0.3 is 0 Å². The predicted molar refractivity (Wildman–Crippen MR) is 179 cm³/mol. The van der Waals surface area contributed by atoms with E-state index in [1.54, 1.807) is 0 Å². The second kappa shape index (κ2) is 11.1. The number of thiazole rings is 1. The lowest BCUT2D eigenvalue weighted by molar-refractivity contribution is 0.307. The largest absolute Gasteiger partial charge is 0.488 e. The van der Waals surface area contributed by atoms with E-state index in [1.807, 2.05) is 71.3 Å². The molecule has 5 aromatic carbocycles. The Morgan fingerprint density at radius 3 is 2.55 bits per heavy atom. The summed E-state index contributed by atoms with van der Waals surface area (Å²) in [6.45, 7) is 0.427. The number of halogens is 1. The van der Waals surface area contributed by atoms with Crippen molar-refractivity contribution in [3.63, 3.8) is 0 Å². The minimum absolute atomic E-state index is 0.0528. The standard InChI is InChI=1S/C38H27ClN2O2S/c39-29-19-16-26(17-20-29)36-32-21-18-25-9-2-5-14-31(25)35(32)40-38-41(36)37(42)34(44-38)22-27-10-3-6-15-33(27)43-23-28-12-7-11-24-8-1-4-13-30(24)28/h1-17,19-20,22,36H,18,21,23H2/b34-22-/t36-/m0/s1. The van der Waals surface area contributed by atoms with Crippen molar-refractivity contribution in [2.75, 3.05) is 0 Å². The Labute approximate surface area is 263 Å². The van der Waals surface area contributed by atoms with E-state index in [9.17, 15) is 4.79 Å². The third-order valence-corrected chi connectivity index (χ3v) is 9.76. The summed E-state index contributed by atoms with van der Waals surface area (Å²) in [7, 11) is 0. The van der Waals surface area contributed by atoms with Crippen molar-refractivity contribution in [1.82, 2.24) is 4.57 Å². The average molecular weight is 611 g/mol. The molecular weight excluding hydrogens is 584 g/mol. The summed E-state index contributed by atoms with van der Waals surface area (Å²) in [5, 5.41) is 3.03. The van der Waals surface area contributed by atoms with E-state index in [0.717, 1.165) is 46.5 Å². The van der Waals surface area contributed by atoms with Crippen LogP contribution < -0.4 is 19.6 Å². The van der Waals surface area contributed by atoms with Gasteiger partial charge in [0, 0.05) is 16.1 Å². The molecule has 6 aromatic rings. The number of para-hydroxylation sites is 1. The van der Waals surface area contributed by atoms with Crippen LogP contribution in [0.25, 0.3) is 22.5 Å². The lowest BCUT2D eigenvalue weighted by atomic mass is 9.83. The first-order chi connectivity index (χ1) is 21.6. The Morgan fingerprint density at radius 2 is 1.64 bits per heavy atom. The van der Waals surface area contributed by atoms with Gasteiger partial charge in [0.05, 0.1) is 16.3 Å². The van der Waals surface area contributed by atoms with Crippen molar-refractivity contribution >= 4 is 45.5 Å². The normalized spacial score (nSPS) is 15.8. The highest BCUT2D eigenvalue weighted by Crippen LogP contribution is 2.41. The molecule has 0 unspecified atom stereocenters. The molecule has 0 radical (unpaired) electrons. The second-order valence-electron chi connectivity index (χ2n) is 11.1. The molecule has 1 atom stereocenters. The fourth-order valence-electron chi connectivity index (χ4n) is 6.41. The molecule has 214 valence electrons. The van der Waals surface area contributed by atoms with Crippen LogP contribution in [0.2, 0.25) is 5.02 Å². The van der Waals surface area contributed by atoms with Crippen molar-refractivity contribution in [3.8, 4) is 5.75 Å². The Hall–Kier alpha value is -4.71. The number of allylic oxidation sites excluding steroid dienone is 1. The Kier molecular flexibility index (Phi) is 6.78. The van der Waals surface area contributed by atoms with Crippen LogP contribution in [0.4, 0.5) is 0 Å². The molecule has 0 saturated heterocycles. The zero-order valence-corrected chi connectivity index (χ0v) is 25.3. The van der Waals surface area contributed by atoms with Gasteiger partial charge in [-0.25, -0.2) is 4.99 Å². The van der Waals surface area contributed by atoms with Crippen LogP contribution >= 0.6 is 22.9 Å². The fourth-order valence-corrected chi connectivity index (χ4v) is 7.53. The molecule has 1 aliphatic heterocycles. The minimum atomic E-state index is -0.244. The molecule has 8 rings (SSSR count). The van der Waals surface area contributed by atoms with Gasteiger partial charge < -0.3 is 4.74 Å². The average Bonchev–Trinajstić information content (AvgIpc) is 3.37. The molecule has 0 fully saturated rings. The van der Waals surface area contributed by atoms with Crippen molar-refractivity contribution in [3.05, 3.63) is 173 Å². The summed E-state index contributed by atoms with van der Waals surface area (Å²) in [5.74, 6) is 0.730. The van der Waals surface area contributed by atoms with Crippen molar-refractivity contribution in [2.24, 2.45) is 4.99 Å². The zero-order valence-electron chi connectivity index (χ0n) is 23.7. The number of aromatic nitrogens is 1. The number of fused-ring (bicyclic) bond motifs is 4. The summed E-state index contributed by atoms with van der Waals surface area (Å²) < 4.78 is 8.87. The van der Waals surface area contributed by atoms with Gasteiger partial charge in [-0.2, -0.15) is 0 Å². The third kappa shape index (κ3) is 4.69. The molecule has 0 amide bonds. The Morgan fingerprint density at radius 1 is 0.864 bits per heavy atom. The minimum Gasteiger partial charge on any atom is -0.488 e. The van der Waals surface area contributed by atoms with Gasteiger partial charge in [0.25, 0.3) is 5.56 Å². The Bertz CT molecular complexity index is 2280. The molecule has 4 nitrogen and oxygen atoms in total. The first-order valence-corrected chi connectivity index (χ1v) is 15.9. The van der Waals surface area contributed by atoms with Crippen molar-refractivity contribution < 1.29 is 4.74 Å². The van der Waals surface area contributed by atoms with Crippen LogP contribution in [0.3, 0.4) is 0 Å². The monoisotopic (exact) mass is 610 g/mol. The number of hydrogen-bond donors (Lipinski definition) is 0. The maximum Gasteiger partial charge on any atom is 0.271 e. The van der Waals surface area contributed by atoms with Gasteiger partial charge in [0.2, 0.25) is 0 Å². The number of ether oxygens (including phenoxy) is 1. The van der Waals surface area contributed by atoms with Crippen molar-refractivity contribution in [1.29, 1.82) is 0 Å². The SMILES string of the molecule is O=c1/c(=C/c2ccccc2OCc2cccc3ccccc23)sc2n1[C@@H](c1ccc(Cl)cc1)C1=C(N=2)c2ccccc2CC1. The maximum absolute atomic E-state index is 14.2. The molecular formula is C38H27ClN2O2S. The molecule has 1 aromatic heterocycles. The van der Waals surface area contributed by atoms with E-state index < -0.39 is 0 Å². The van der Waals surface area contributed by atoms with E-state index in [1.165, 1.54) is 33.2 Å². The summed E-state index contributed by atoms with van der Waals surface area (Å²) in [6, 6.07) is 38.5. The maximum atomic E-state index is 14.2. The lowest BCUT2D eigenvalue weighted by Crippen LogP contribution is -2.38. The molecule has 0 N–H and O–H groups in total.